The van der Waals surface area contributed by atoms with Crippen molar-refractivity contribution in [1.29, 1.82) is 0 Å². The van der Waals surface area contributed by atoms with Gasteiger partial charge in [0.05, 0.1) is 5.69 Å². The van der Waals surface area contributed by atoms with Crippen LogP contribution in [0.3, 0.4) is 0 Å². The normalized spacial score (nSPS) is 15.4. The number of nitrogens with one attached hydrogen (secondary N) is 2. The number of aryl methyl sites for hydroxylation is 1. The molecule has 1 aliphatic rings. The van der Waals surface area contributed by atoms with E-state index in [1.807, 2.05) is 39.2 Å². The first-order valence-corrected chi connectivity index (χ1v) is 9.34. The van der Waals surface area contributed by atoms with E-state index in [2.05, 4.69) is 22.5 Å². The van der Waals surface area contributed by atoms with Crippen LogP contribution in [-0.4, -0.2) is 51.1 Å². The second-order valence-electron chi connectivity index (χ2n) is 7.47. The minimum absolute atomic E-state index is 0. The molecule has 1 amide bonds. The Labute approximate surface area is 176 Å². The Balaban J connectivity index is 0.00000338. The Morgan fingerprint density at radius 2 is 1.96 bits per heavy atom. The summed E-state index contributed by atoms with van der Waals surface area (Å²) in [6.07, 6.45) is 2.89. The van der Waals surface area contributed by atoms with Gasteiger partial charge in [0.15, 0.2) is 0 Å². The van der Waals surface area contributed by atoms with Gasteiger partial charge in [-0.15, -0.1) is 24.8 Å². The summed E-state index contributed by atoms with van der Waals surface area (Å²) in [5, 5.41) is 6.44. The molecule has 2 N–H and O–H groups in total. The Morgan fingerprint density at radius 1 is 1.30 bits per heavy atom. The highest BCUT2D eigenvalue weighted by Gasteiger charge is 2.22. The van der Waals surface area contributed by atoms with Crippen LogP contribution in [0.15, 0.2) is 18.2 Å². The van der Waals surface area contributed by atoms with Crippen molar-refractivity contribution in [3.63, 3.8) is 0 Å². The summed E-state index contributed by atoms with van der Waals surface area (Å²) in [5.74, 6) is 1.88. The first-order chi connectivity index (χ1) is 12.0. The molecule has 1 aromatic carbocycles. The molecule has 156 valence electrons. The Morgan fingerprint density at radius 3 is 2.59 bits per heavy atom. The number of nitrogens with zero attached hydrogens (tertiary/aromatic N) is 1. The fraction of sp³-hybridized carbons (Fsp3) is 0.650. The number of benzene rings is 1. The fourth-order valence-electron chi connectivity index (χ4n) is 3.26. The van der Waals surface area contributed by atoms with Gasteiger partial charge in [-0.05, 0) is 76.5 Å². The number of halogens is 2. The second kappa shape index (κ2) is 13.2. The number of amides is 1. The first kappa shape index (κ1) is 26.0. The van der Waals surface area contributed by atoms with E-state index in [9.17, 15) is 4.79 Å². The predicted molar refractivity (Wildman–Crippen MR) is 118 cm³/mol. The molecule has 7 heteroatoms. The number of carbonyl (C=O) groups excluding carboxylic acids is 1. The molecule has 0 spiro atoms. The van der Waals surface area contributed by atoms with Gasteiger partial charge in [0.25, 0.3) is 0 Å². The molecule has 5 nitrogen and oxygen atoms in total. The lowest BCUT2D eigenvalue weighted by molar-refractivity contribution is -0.117. The van der Waals surface area contributed by atoms with Crippen LogP contribution in [0.2, 0.25) is 0 Å². The fourth-order valence-corrected chi connectivity index (χ4v) is 3.26. The van der Waals surface area contributed by atoms with Crippen molar-refractivity contribution in [2.24, 2.45) is 11.8 Å². The minimum Gasteiger partial charge on any atom is -0.490 e. The molecule has 2 rings (SSSR count). The predicted octanol–water partition coefficient (Wildman–Crippen LogP) is 3.74. The standard InChI is InChI=1S/C20H33N3O2.2ClH/c1-15-5-6-18(19(13-15)25-12-11-23(3)4)22-20(24)14-16(2)17-7-9-21-10-8-17;;/h5-6,13,16-17,21H,7-12,14H2,1-4H3,(H,22,24);2*1H. The lowest BCUT2D eigenvalue weighted by atomic mass is 9.84. The van der Waals surface area contributed by atoms with E-state index in [0.717, 1.165) is 49.5 Å². The molecule has 1 heterocycles. The zero-order valence-electron chi connectivity index (χ0n) is 16.9. The molecule has 1 saturated heterocycles. The van der Waals surface area contributed by atoms with Crippen molar-refractivity contribution >= 4 is 36.4 Å². The zero-order valence-corrected chi connectivity index (χ0v) is 18.5. The van der Waals surface area contributed by atoms with Gasteiger partial charge < -0.3 is 20.3 Å². The number of ether oxygens (including phenoxy) is 1. The number of hydrogen-bond acceptors (Lipinski definition) is 4. The number of rotatable bonds is 8. The molecule has 1 unspecified atom stereocenters. The number of anilines is 1. The van der Waals surface area contributed by atoms with Gasteiger partial charge in [0, 0.05) is 13.0 Å². The molecule has 0 saturated carbocycles. The highest BCUT2D eigenvalue weighted by atomic mass is 35.5. The van der Waals surface area contributed by atoms with E-state index in [1.54, 1.807) is 0 Å². The molecule has 1 atom stereocenters. The lowest BCUT2D eigenvalue weighted by Gasteiger charge is -2.28. The van der Waals surface area contributed by atoms with E-state index in [0.29, 0.717) is 24.9 Å². The number of carbonyl (C=O) groups is 1. The SMILES string of the molecule is Cc1ccc(NC(=O)CC(C)C2CCNCC2)c(OCCN(C)C)c1.Cl.Cl. The Kier molecular flexibility index (Phi) is 12.7. The van der Waals surface area contributed by atoms with Crippen molar-refractivity contribution in [3.8, 4) is 5.75 Å². The maximum Gasteiger partial charge on any atom is 0.224 e. The van der Waals surface area contributed by atoms with Crippen molar-refractivity contribution < 1.29 is 9.53 Å². The number of piperidine rings is 1. The second-order valence-corrected chi connectivity index (χ2v) is 7.47. The van der Waals surface area contributed by atoms with E-state index < -0.39 is 0 Å². The van der Waals surface area contributed by atoms with Crippen molar-refractivity contribution in [1.82, 2.24) is 10.2 Å². The third kappa shape index (κ3) is 9.15. The largest absolute Gasteiger partial charge is 0.490 e. The molecule has 27 heavy (non-hydrogen) atoms. The first-order valence-electron chi connectivity index (χ1n) is 9.34. The molecule has 0 aromatic heterocycles. The third-order valence-corrected chi connectivity index (χ3v) is 4.90. The van der Waals surface area contributed by atoms with Gasteiger partial charge in [-0.1, -0.05) is 13.0 Å². The summed E-state index contributed by atoms with van der Waals surface area (Å²) in [6, 6.07) is 5.93. The van der Waals surface area contributed by atoms with E-state index in [1.165, 1.54) is 0 Å². The number of likely N-dealkylation sites (N-methyl/N-ethyl adjacent to an activating group) is 1. The average molecular weight is 420 g/mol. The maximum atomic E-state index is 12.5. The van der Waals surface area contributed by atoms with Crippen LogP contribution in [0.1, 0.15) is 31.7 Å². The zero-order chi connectivity index (χ0) is 18.2. The molecule has 1 aliphatic heterocycles. The van der Waals surface area contributed by atoms with Crippen LogP contribution in [0, 0.1) is 18.8 Å². The van der Waals surface area contributed by atoms with Gasteiger partial charge in [-0.3, -0.25) is 4.79 Å². The Hall–Kier alpha value is -1.01. The third-order valence-electron chi connectivity index (χ3n) is 4.90. The smallest absolute Gasteiger partial charge is 0.224 e. The van der Waals surface area contributed by atoms with Crippen LogP contribution in [0.5, 0.6) is 5.75 Å². The van der Waals surface area contributed by atoms with Crippen LogP contribution < -0.4 is 15.4 Å². The molecule has 0 radical (unpaired) electrons. The molecule has 0 bridgehead atoms. The highest BCUT2D eigenvalue weighted by Crippen LogP contribution is 2.28. The molecule has 1 aromatic rings. The average Bonchev–Trinajstić information content (AvgIpc) is 2.57. The summed E-state index contributed by atoms with van der Waals surface area (Å²) in [5.41, 5.74) is 1.90. The summed E-state index contributed by atoms with van der Waals surface area (Å²) in [6.45, 7) is 7.80. The van der Waals surface area contributed by atoms with E-state index in [4.69, 9.17) is 4.74 Å². The van der Waals surface area contributed by atoms with Crippen molar-refractivity contribution in [2.45, 2.75) is 33.1 Å². The summed E-state index contributed by atoms with van der Waals surface area (Å²) >= 11 is 0. The van der Waals surface area contributed by atoms with Gasteiger partial charge in [0.2, 0.25) is 5.91 Å². The van der Waals surface area contributed by atoms with Gasteiger partial charge in [0.1, 0.15) is 12.4 Å². The molecular weight excluding hydrogens is 385 g/mol. The quantitative estimate of drug-likeness (QED) is 0.673. The summed E-state index contributed by atoms with van der Waals surface area (Å²) in [4.78, 5) is 14.6. The summed E-state index contributed by atoms with van der Waals surface area (Å²) in [7, 11) is 4.04. The van der Waals surface area contributed by atoms with Crippen molar-refractivity contribution in [3.05, 3.63) is 23.8 Å². The maximum absolute atomic E-state index is 12.5. The minimum atomic E-state index is 0. The van der Waals surface area contributed by atoms with Crippen molar-refractivity contribution in [2.75, 3.05) is 45.7 Å². The molecule has 1 fully saturated rings. The topological polar surface area (TPSA) is 53.6 Å². The monoisotopic (exact) mass is 419 g/mol. The summed E-state index contributed by atoms with van der Waals surface area (Å²) < 4.78 is 5.89. The molecule has 0 aliphatic carbocycles. The molecular formula is C20H35Cl2N3O2. The van der Waals surface area contributed by atoms with Gasteiger partial charge in [-0.25, -0.2) is 0 Å². The van der Waals surface area contributed by atoms with Gasteiger partial charge in [-0.2, -0.15) is 0 Å². The number of hydrogen-bond donors (Lipinski definition) is 2. The van der Waals surface area contributed by atoms with E-state index >= 15 is 0 Å². The van der Waals surface area contributed by atoms with Crippen LogP contribution in [0.25, 0.3) is 0 Å². The highest BCUT2D eigenvalue weighted by molar-refractivity contribution is 5.92. The van der Waals surface area contributed by atoms with Crippen LogP contribution >= 0.6 is 24.8 Å². The van der Waals surface area contributed by atoms with E-state index in [-0.39, 0.29) is 30.7 Å². The lowest BCUT2D eigenvalue weighted by Crippen LogP contribution is -2.32. The van der Waals surface area contributed by atoms with Crippen LogP contribution in [-0.2, 0) is 4.79 Å². The van der Waals surface area contributed by atoms with Crippen LogP contribution in [0.4, 0.5) is 5.69 Å². The van der Waals surface area contributed by atoms with Gasteiger partial charge >= 0.3 is 0 Å². The Bertz CT molecular complexity index is 564.